The Hall–Kier alpha value is -1.02. The number of nitrogens with one attached hydrogen (secondary N) is 1. The molecule has 1 fully saturated rings. The maximum absolute atomic E-state index is 9.95. The van der Waals surface area contributed by atoms with Crippen molar-refractivity contribution in [2.24, 2.45) is 5.92 Å². The average molecular weight is 275 g/mol. The van der Waals surface area contributed by atoms with E-state index in [0.29, 0.717) is 0 Å². The van der Waals surface area contributed by atoms with E-state index >= 15 is 0 Å². The summed E-state index contributed by atoms with van der Waals surface area (Å²) in [6.45, 7) is 4.62. The van der Waals surface area contributed by atoms with Crippen molar-refractivity contribution in [3.05, 3.63) is 29.8 Å². The molecule has 0 aromatic heterocycles. The topological polar surface area (TPSA) is 32.3 Å². The zero-order chi connectivity index (χ0) is 14.4. The van der Waals surface area contributed by atoms with E-state index in [9.17, 15) is 5.11 Å². The van der Waals surface area contributed by atoms with Crippen LogP contribution in [0.4, 0.5) is 5.69 Å². The van der Waals surface area contributed by atoms with Crippen LogP contribution in [0.5, 0.6) is 0 Å². The lowest BCUT2D eigenvalue weighted by molar-refractivity contribution is 0.194. The van der Waals surface area contributed by atoms with Crippen molar-refractivity contribution in [3.8, 4) is 0 Å². The van der Waals surface area contributed by atoms with Gasteiger partial charge in [0.25, 0.3) is 0 Å². The molecule has 0 amide bonds. The molecule has 0 bridgehead atoms. The van der Waals surface area contributed by atoms with Crippen LogP contribution in [0.15, 0.2) is 24.3 Å². The van der Waals surface area contributed by atoms with E-state index in [1.54, 1.807) is 0 Å². The number of aliphatic hydroxyl groups excluding tert-OH is 1. The maximum Gasteiger partial charge on any atom is 0.0661 e. The molecule has 1 aromatic carbocycles. The quantitative estimate of drug-likeness (QED) is 0.774. The van der Waals surface area contributed by atoms with Crippen LogP contribution in [0, 0.1) is 12.8 Å². The van der Waals surface area contributed by atoms with E-state index in [1.807, 2.05) is 0 Å². The third-order valence-corrected chi connectivity index (χ3v) is 4.73. The van der Waals surface area contributed by atoms with Crippen LogP contribution in [0.25, 0.3) is 0 Å². The fraction of sp³-hybridized carbons (Fsp3) is 0.667. The van der Waals surface area contributed by atoms with Gasteiger partial charge in [0.15, 0.2) is 0 Å². The summed E-state index contributed by atoms with van der Waals surface area (Å²) in [6.07, 6.45) is 8.58. The molecule has 2 unspecified atom stereocenters. The van der Waals surface area contributed by atoms with Crippen molar-refractivity contribution in [3.63, 3.8) is 0 Å². The summed E-state index contributed by atoms with van der Waals surface area (Å²) < 4.78 is 0. The first-order valence-electron chi connectivity index (χ1n) is 8.13. The fourth-order valence-corrected chi connectivity index (χ4v) is 3.53. The molecule has 112 valence electrons. The van der Waals surface area contributed by atoms with Crippen LogP contribution in [0.1, 0.15) is 57.4 Å². The zero-order valence-electron chi connectivity index (χ0n) is 13.0. The minimum atomic E-state index is -0.115. The van der Waals surface area contributed by atoms with E-state index in [4.69, 9.17) is 0 Å². The van der Waals surface area contributed by atoms with Gasteiger partial charge in [-0.25, -0.2) is 0 Å². The smallest absolute Gasteiger partial charge is 0.0661 e. The molecule has 2 atom stereocenters. The van der Waals surface area contributed by atoms with Crippen LogP contribution < -0.4 is 5.32 Å². The summed E-state index contributed by atoms with van der Waals surface area (Å²) in [4.78, 5) is 0. The van der Waals surface area contributed by atoms with Gasteiger partial charge < -0.3 is 10.4 Å². The minimum Gasteiger partial charge on any atom is -0.394 e. The van der Waals surface area contributed by atoms with E-state index < -0.39 is 0 Å². The van der Waals surface area contributed by atoms with Gasteiger partial charge in [-0.15, -0.1) is 0 Å². The van der Waals surface area contributed by atoms with Crippen LogP contribution in [-0.4, -0.2) is 17.3 Å². The minimum absolute atomic E-state index is 0.115. The number of hydrogen-bond donors (Lipinski definition) is 2. The fourth-order valence-electron chi connectivity index (χ4n) is 3.53. The first kappa shape index (κ1) is 15.4. The molecule has 1 aromatic rings. The molecule has 1 aliphatic carbocycles. The van der Waals surface area contributed by atoms with Gasteiger partial charge in [0.05, 0.1) is 12.1 Å². The summed E-state index contributed by atoms with van der Waals surface area (Å²) in [5, 5.41) is 13.6. The first-order valence-corrected chi connectivity index (χ1v) is 8.13. The molecule has 1 saturated carbocycles. The van der Waals surface area contributed by atoms with Gasteiger partial charge in [0, 0.05) is 5.69 Å². The third kappa shape index (κ3) is 3.99. The lowest BCUT2D eigenvalue weighted by Gasteiger charge is -2.33. The molecular formula is C18H29NO. The average Bonchev–Trinajstić information content (AvgIpc) is 2.63. The molecule has 0 radical (unpaired) electrons. The number of benzene rings is 1. The highest BCUT2D eigenvalue weighted by molar-refractivity contribution is 5.47. The predicted octanol–water partition coefficient (Wildman–Crippen LogP) is 4.52. The highest BCUT2D eigenvalue weighted by Crippen LogP contribution is 2.34. The van der Waals surface area contributed by atoms with Crippen molar-refractivity contribution in [2.45, 2.75) is 64.3 Å². The zero-order valence-corrected chi connectivity index (χ0v) is 13.0. The molecular weight excluding hydrogens is 246 g/mol. The van der Waals surface area contributed by atoms with Gasteiger partial charge in [-0.2, -0.15) is 0 Å². The highest BCUT2D eigenvalue weighted by Gasteiger charge is 2.32. The van der Waals surface area contributed by atoms with Crippen LogP contribution in [0.2, 0.25) is 0 Å². The Balaban J connectivity index is 2.05. The Labute approximate surface area is 123 Å². The van der Waals surface area contributed by atoms with Crippen LogP contribution in [0.3, 0.4) is 0 Å². The summed E-state index contributed by atoms with van der Waals surface area (Å²) in [5.74, 6) is 0.854. The number of hydrogen-bond acceptors (Lipinski definition) is 2. The molecule has 0 aliphatic heterocycles. The maximum atomic E-state index is 9.95. The second-order valence-corrected chi connectivity index (χ2v) is 6.52. The molecule has 0 spiro atoms. The lowest BCUT2D eigenvalue weighted by Crippen LogP contribution is -2.41. The van der Waals surface area contributed by atoms with Crippen molar-refractivity contribution < 1.29 is 5.11 Å². The van der Waals surface area contributed by atoms with Crippen molar-refractivity contribution in [1.29, 1.82) is 0 Å². The number of rotatable bonds is 5. The third-order valence-electron chi connectivity index (χ3n) is 4.73. The lowest BCUT2D eigenvalue weighted by atomic mass is 9.89. The molecule has 2 heteroatoms. The molecule has 0 heterocycles. The van der Waals surface area contributed by atoms with E-state index in [2.05, 4.69) is 43.4 Å². The SMILES string of the molecule is CCCC1CCCC(CO)(Nc2cccc(C)c2)CC1. The standard InChI is InChI=1S/C18H29NO/c1-3-6-16-8-5-11-18(14-20,12-10-16)19-17-9-4-7-15(2)13-17/h4,7,9,13,16,19-20H,3,5-6,8,10-12,14H2,1-2H3. The molecule has 2 nitrogen and oxygen atoms in total. The normalized spacial score (nSPS) is 27.1. The van der Waals surface area contributed by atoms with Crippen LogP contribution in [-0.2, 0) is 0 Å². The van der Waals surface area contributed by atoms with Gasteiger partial charge in [-0.05, 0) is 49.8 Å². The first-order chi connectivity index (χ1) is 9.67. The molecule has 20 heavy (non-hydrogen) atoms. The monoisotopic (exact) mass is 275 g/mol. The number of aliphatic hydroxyl groups is 1. The number of aryl methyl sites for hydroxylation is 1. The molecule has 0 saturated heterocycles. The Morgan fingerprint density at radius 1 is 1.30 bits per heavy atom. The Kier molecular flexibility index (Phi) is 5.47. The Morgan fingerprint density at radius 3 is 2.85 bits per heavy atom. The van der Waals surface area contributed by atoms with Gasteiger partial charge in [0.1, 0.15) is 0 Å². The van der Waals surface area contributed by atoms with E-state index in [0.717, 1.165) is 24.4 Å². The molecule has 1 aliphatic rings. The number of anilines is 1. The van der Waals surface area contributed by atoms with E-state index in [1.165, 1.54) is 37.7 Å². The summed E-state index contributed by atoms with van der Waals surface area (Å²) in [5.41, 5.74) is 2.30. The highest BCUT2D eigenvalue weighted by atomic mass is 16.3. The summed E-state index contributed by atoms with van der Waals surface area (Å²) in [7, 11) is 0. The largest absolute Gasteiger partial charge is 0.394 e. The summed E-state index contributed by atoms with van der Waals surface area (Å²) >= 11 is 0. The van der Waals surface area contributed by atoms with Crippen molar-refractivity contribution in [2.75, 3.05) is 11.9 Å². The molecule has 2 N–H and O–H groups in total. The van der Waals surface area contributed by atoms with Crippen LogP contribution >= 0.6 is 0 Å². The molecule has 2 rings (SSSR count). The van der Waals surface area contributed by atoms with E-state index in [-0.39, 0.29) is 12.1 Å². The van der Waals surface area contributed by atoms with Crippen molar-refractivity contribution >= 4 is 5.69 Å². The Bertz CT molecular complexity index is 418. The van der Waals surface area contributed by atoms with Crippen molar-refractivity contribution in [1.82, 2.24) is 0 Å². The van der Waals surface area contributed by atoms with Gasteiger partial charge in [0.2, 0.25) is 0 Å². The second kappa shape index (κ2) is 7.12. The van der Waals surface area contributed by atoms with Gasteiger partial charge in [-0.3, -0.25) is 0 Å². The predicted molar refractivity (Wildman–Crippen MR) is 86.1 cm³/mol. The summed E-state index contributed by atoms with van der Waals surface area (Å²) in [6, 6.07) is 8.48. The van der Waals surface area contributed by atoms with Gasteiger partial charge >= 0.3 is 0 Å². The van der Waals surface area contributed by atoms with Gasteiger partial charge in [-0.1, -0.05) is 44.7 Å². The second-order valence-electron chi connectivity index (χ2n) is 6.52. The Morgan fingerprint density at radius 2 is 2.15 bits per heavy atom.